The fraction of sp³-hybridized carbons (Fsp3) is 0.455. The number of nitrogens with zero attached hydrogens (tertiary/aromatic N) is 2. The summed E-state index contributed by atoms with van der Waals surface area (Å²) in [6.45, 7) is 5.33. The van der Waals surface area contributed by atoms with Gasteiger partial charge in [-0.25, -0.2) is 4.39 Å². The first kappa shape index (κ1) is 25.1. The van der Waals surface area contributed by atoms with E-state index >= 15 is 0 Å². The Balaban J connectivity index is 1.48. The van der Waals surface area contributed by atoms with Gasteiger partial charge >= 0.3 is 6.18 Å². The number of nitrogens with one attached hydrogen (secondary N) is 1. The summed E-state index contributed by atoms with van der Waals surface area (Å²) in [7, 11) is 0. The molecule has 2 aliphatic rings. The highest BCUT2D eigenvalue weighted by atomic mass is 35.5. The van der Waals surface area contributed by atoms with Gasteiger partial charge in [-0.3, -0.25) is 4.79 Å². The van der Waals surface area contributed by atoms with Crippen molar-refractivity contribution in [1.29, 1.82) is 0 Å². The number of hydrogen-bond donors (Lipinski definition) is 1. The van der Waals surface area contributed by atoms with Crippen LogP contribution in [0.25, 0.3) is 0 Å². The predicted octanol–water partition coefficient (Wildman–Crippen LogP) is 6.48. The number of oxime groups is 1. The number of fused-ring (bicyclic) bond motifs is 1. The zero-order valence-electron chi connectivity index (χ0n) is 18.2. The second kappa shape index (κ2) is 9.20. The van der Waals surface area contributed by atoms with Gasteiger partial charge in [0.05, 0.1) is 27.9 Å². The van der Waals surface area contributed by atoms with E-state index < -0.39 is 39.6 Å². The number of amides is 1. The largest absolute Gasteiger partial charge is 0.435 e. The number of halogens is 6. The van der Waals surface area contributed by atoms with Crippen molar-refractivity contribution in [1.82, 2.24) is 10.2 Å². The van der Waals surface area contributed by atoms with Crippen LogP contribution < -0.4 is 5.32 Å². The second-order valence-corrected chi connectivity index (χ2v) is 10.7. The molecule has 0 spiro atoms. The van der Waals surface area contributed by atoms with E-state index in [-0.39, 0.29) is 11.7 Å². The fourth-order valence-electron chi connectivity index (χ4n) is 3.87. The van der Waals surface area contributed by atoms with Gasteiger partial charge in [-0.2, -0.15) is 13.2 Å². The first-order valence-electron chi connectivity index (χ1n) is 10.5. The van der Waals surface area contributed by atoms with Crippen LogP contribution in [0.4, 0.5) is 17.6 Å². The summed E-state index contributed by atoms with van der Waals surface area (Å²) in [6, 6.07) is 3.48. The predicted molar refractivity (Wildman–Crippen MR) is 123 cm³/mol. The zero-order chi connectivity index (χ0) is 24.8. The minimum absolute atomic E-state index is 0.0974. The van der Waals surface area contributed by atoms with Crippen molar-refractivity contribution in [3.8, 4) is 0 Å². The average molecular weight is 538 g/mol. The zero-order valence-corrected chi connectivity index (χ0v) is 20.6. The highest BCUT2D eigenvalue weighted by Gasteiger charge is 2.63. The Morgan fingerprint density at radius 1 is 1.26 bits per heavy atom. The number of alkyl halides is 3. The van der Waals surface area contributed by atoms with E-state index in [2.05, 4.69) is 24.3 Å². The molecule has 1 N–H and O–H groups in total. The van der Waals surface area contributed by atoms with Gasteiger partial charge in [0.15, 0.2) is 5.82 Å². The molecule has 1 atom stereocenters. The molecule has 0 bridgehead atoms. The van der Waals surface area contributed by atoms with Crippen LogP contribution >= 0.6 is 34.5 Å². The summed E-state index contributed by atoms with van der Waals surface area (Å²) in [6.07, 6.45) is -4.61. The Morgan fingerprint density at radius 2 is 1.94 bits per heavy atom. The van der Waals surface area contributed by atoms with Gasteiger partial charge in [0, 0.05) is 23.5 Å². The Hall–Kier alpha value is -2.04. The van der Waals surface area contributed by atoms with Gasteiger partial charge in [-0.1, -0.05) is 42.2 Å². The lowest BCUT2D eigenvalue weighted by atomic mass is 9.89. The van der Waals surface area contributed by atoms with E-state index in [1.165, 1.54) is 11.3 Å². The van der Waals surface area contributed by atoms with E-state index in [1.807, 2.05) is 0 Å². The molecule has 0 saturated carbocycles. The maximum atomic E-state index is 14.2. The van der Waals surface area contributed by atoms with Crippen molar-refractivity contribution >= 4 is 46.3 Å². The number of hydrogen-bond acceptors (Lipinski definition) is 5. The normalized spacial score (nSPS) is 19.9. The summed E-state index contributed by atoms with van der Waals surface area (Å²) in [5.41, 5.74) is -2.40. The van der Waals surface area contributed by atoms with Crippen molar-refractivity contribution in [2.45, 2.75) is 51.6 Å². The topological polar surface area (TPSA) is 53.9 Å². The number of carbonyl (C=O) groups is 1. The van der Waals surface area contributed by atoms with Crippen LogP contribution in [0.5, 0.6) is 0 Å². The minimum atomic E-state index is -4.87. The molecule has 184 valence electrons. The molecule has 0 saturated heterocycles. The van der Waals surface area contributed by atoms with Crippen LogP contribution in [0.1, 0.15) is 52.4 Å². The van der Waals surface area contributed by atoms with Gasteiger partial charge in [-0.05, 0) is 36.1 Å². The van der Waals surface area contributed by atoms with Gasteiger partial charge in [0.2, 0.25) is 0 Å². The lowest BCUT2D eigenvalue weighted by Crippen LogP contribution is -2.44. The molecule has 1 aromatic heterocycles. The van der Waals surface area contributed by atoms with E-state index in [1.54, 1.807) is 11.0 Å². The number of benzene rings is 1. The third-order valence-electron chi connectivity index (χ3n) is 5.81. The van der Waals surface area contributed by atoms with E-state index in [0.29, 0.717) is 30.4 Å². The van der Waals surface area contributed by atoms with Gasteiger partial charge in [0.25, 0.3) is 11.5 Å². The van der Waals surface area contributed by atoms with E-state index in [9.17, 15) is 22.4 Å². The van der Waals surface area contributed by atoms with Crippen molar-refractivity contribution < 1.29 is 27.2 Å². The molecule has 5 nitrogen and oxygen atoms in total. The highest BCUT2D eigenvalue weighted by Crippen LogP contribution is 2.50. The van der Waals surface area contributed by atoms with Gasteiger partial charge in [0.1, 0.15) is 5.84 Å². The minimum Gasteiger partial charge on any atom is -0.372 e. The molecule has 34 heavy (non-hydrogen) atoms. The third kappa shape index (κ3) is 4.59. The molecule has 4 rings (SSSR count). The maximum Gasteiger partial charge on any atom is 0.435 e. The van der Waals surface area contributed by atoms with Gasteiger partial charge < -0.3 is 15.1 Å². The van der Waals surface area contributed by atoms with Crippen molar-refractivity contribution in [2.24, 2.45) is 11.1 Å². The molecule has 1 aromatic carbocycles. The Labute approximate surface area is 207 Å². The Kier molecular flexibility index (Phi) is 6.78. The Bertz CT molecular complexity index is 1110. The monoisotopic (exact) mass is 537 g/mol. The molecule has 0 radical (unpaired) electrons. The van der Waals surface area contributed by atoms with Crippen LogP contribution in [0, 0.1) is 11.7 Å². The van der Waals surface area contributed by atoms with E-state index in [0.717, 1.165) is 29.0 Å². The summed E-state index contributed by atoms with van der Waals surface area (Å²) in [4.78, 5) is 20.5. The molecule has 3 heterocycles. The molecule has 2 aromatic rings. The van der Waals surface area contributed by atoms with E-state index in [4.69, 9.17) is 28.0 Å². The number of carbonyl (C=O) groups excluding carboxylic acids is 1. The maximum absolute atomic E-state index is 14.2. The third-order valence-corrected chi connectivity index (χ3v) is 7.52. The molecule has 0 fully saturated rings. The summed E-state index contributed by atoms with van der Waals surface area (Å²) in [5.74, 6) is -0.589. The quantitative estimate of drug-likeness (QED) is 0.351. The summed E-state index contributed by atoms with van der Waals surface area (Å²) in [5, 5.41) is 5.55. The summed E-state index contributed by atoms with van der Waals surface area (Å²) >= 11 is 12.8. The van der Waals surface area contributed by atoms with Crippen LogP contribution in [0.2, 0.25) is 10.0 Å². The van der Waals surface area contributed by atoms with Crippen LogP contribution in [0.15, 0.2) is 23.4 Å². The van der Waals surface area contributed by atoms with Crippen LogP contribution in [-0.2, 0) is 23.5 Å². The molecule has 2 aliphatic heterocycles. The Morgan fingerprint density at radius 3 is 2.53 bits per heavy atom. The lowest BCUT2D eigenvalue weighted by molar-refractivity contribution is -0.275. The van der Waals surface area contributed by atoms with Crippen molar-refractivity contribution in [3.05, 3.63) is 54.9 Å². The SMILES string of the molecule is CC(C)CCNC(=O)c1cc2c(s1)CN(C1=NOC(c3cc(Cl)c(F)c(Cl)c3)(C(F)(F)F)C1)C2. The molecular formula is C22H21Cl2F4N3O2S. The number of rotatable bonds is 5. The first-order chi connectivity index (χ1) is 15.9. The standard InChI is InChI=1S/C22H21Cl2F4N3O2S/c1-11(2)3-4-29-20(32)16-5-12-9-31(10-17(12)34-16)18-8-21(33-30-18,22(26,27)28)13-6-14(23)19(25)15(24)7-13/h5-7,11H,3-4,8-10H2,1-2H3,(H,29,32). The highest BCUT2D eigenvalue weighted by molar-refractivity contribution is 7.14. The first-order valence-corrected chi connectivity index (χ1v) is 12.1. The van der Waals surface area contributed by atoms with Crippen LogP contribution in [0.3, 0.4) is 0 Å². The molecule has 1 unspecified atom stereocenters. The fourth-order valence-corrected chi connectivity index (χ4v) is 5.46. The summed E-state index contributed by atoms with van der Waals surface area (Å²) < 4.78 is 56.3. The second-order valence-electron chi connectivity index (χ2n) is 8.71. The molecular weight excluding hydrogens is 517 g/mol. The molecule has 12 heteroatoms. The molecule has 1 amide bonds. The van der Waals surface area contributed by atoms with Crippen molar-refractivity contribution in [3.63, 3.8) is 0 Å². The van der Waals surface area contributed by atoms with Gasteiger partial charge in [-0.15, -0.1) is 11.3 Å². The lowest BCUT2D eigenvalue weighted by Gasteiger charge is -2.30. The number of amidine groups is 1. The van der Waals surface area contributed by atoms with Crippen LogP contribution in [-0.4, -0.2) is 29.4 Å². The number of thiophene rings is 1. The smallest absolute Gasteiger partial charge is 0.372 e. The average Bonchev–Trinajstić information content (AvgIpc) is 3.44. The molecule has 0 aliphatic carbocycles. The van der Waals surface area contributed by atoms with Crippen molar-refractivity contribution in [2.75, 3.05) is 6.54 Å².